The Morgan fingerprint density at radius 3 is 2.85 bits per heavy atom. The minimum atomic E-state index is 0.104. The van der Waals surface area contributed by atoms with E-state index in [0.717, 1.165) is 72.1 Å². The molecule has 7 nitrogen and oxygen atoms in total. The molecule has 4 rings (SSSR count). The summed E-state index contributed by atoms with van der Waals surface area (Å²) in [6.07, 6.45) is 8.62. The molecule has 1 amide bonds. The Morgan fingerprint density at radius 1 is 1.48 bits per heavy atom. The Bertz CT molecular complexity index is 788. The lowest BCUT2D eigenvalue weighted by Gasteiger charge is -2.33. The minimum Gasteiger partial charge on any atom is -0.396 e. The number of anilines is 2. The van der Waals surface area contributed by atoms with E-state index in [-0.39, 0.29) is 17.9 Å². The zero-order valence-electron chi connectivity index (χ0n) is 15.7. The van der Waals surface area contributed by atoms with Crippen molar-refractivity contribution < 1.29 is 9.90 Å². The van der Waals surface area contributed by atoms with E-state index < -0.39 is 0 Å². The third kappa shape index (κ3) is 4.80. The van der Waals surface area contributed by atoms with Gasteiger partial charge in [0.25, 0.3) is 0 Å². The van der Waals surface area contributed by atoms with E-state index in [1.54, 1.807) is 6.20 Å². The summed E-state index contributed by atoms with van der Waals surface area (Å²) in [6.45, 7) is 4.03. The van der Waals surface area contributed by atoms with E-state index in [1.165, 1.54) is 0 Å². The van der Waals surface area contributed by atoms with Gasteiger partial charge in [-0.1, -0.05) is 6.92 Å². The molecule has 148 valence electrons. The third-order valence-electron chi connectivity index (χ3n) is 4.83. The first-order valence-corrected chi connectivity index (χ1v) is 10.4. The predicted octanol–water partition coefficient (Wildman–Crippen LogP) is 2.99. The molecule has 27 heavy (non-hydrogen) atoms. The number of carbonyl (C=O) groups excluding carboxylic acids is 1. The SMILES string of the molecule is CCCO.N[C@@H]1CCCN(c2c(Br)cnc3[nH]cc(NC(=O)C4CC4)c23)C1. The van der Waals surface area contributed by atoms with Gasteiger partial charge in [-0.25, -0.2) is 4.98 Å². The van der Waals surface area contributed by atoms with Crippen LogP contribution in [0.4, 0.5) is 11.4 Å². The molecule has 1 saturated heterocycles. The van der Waals surface area contributed by atoms with Gasteiger partial charge in [0.05, 0.1) is 21.2 Å². The highest BCUT2D eigenvalue weighted by atomic mass is 79.9. The number of hydrogen-bond acceptors (Lipinski definition) is 5. The van der Waals surface area contributed by atoms with Gasteiger partial charge in [-0.15, -0.1) is 0 Å². The van der Waals surface area contributed by atoms with Gasteiger partial charge in [0, 0.05) is 44.0 Å². The molecule has 0 bridgehead atoms. The van der Waals surface area contributed by atoms with E-state index in [2.05, 4.69) is 36.1 Å². The van der Waals surface area contributed by atoms with Crippen LogP contribution in [0.15, 0.2) is 16.9 Å². The number of rotatable bonds is 4. The summed E-state index contributed by atoms with van der Waals surface area (Å²) in [6, 6.07) is 0.183. The second-order valence-corrected chi connectivity index (χ2v) is 8.07. The number of H-pyrrole nitrogens is 1. The number of fused-ring (bicyclic) bond motifs is 1. The van der Waals surface area contributed by atoms with Gasteiger partial charge in [0.15, 0.2) is 0 Å². The van der Waals surface area contributed by atoms with Crippen molar-refractivity contribution in [2.75, 3.05) is 29.9 Å². The lowest BCUT2D eigenvalue weighted by atomic mass is 10.1. The largest absolute Gasteiger partial charge is 0.396 e. The zero-order valence-corrected chi connectivity index (χ0v) is 17.3. The molecule has 1 aliphatic carbocycles. The van der Waals surface area contributed by atoms with E-state index in [9.17, 15) is 4.79 Å². The molecule has 1 aliphatic heterocycles. The molecular formula is C19H28BrN5O2. The lowest BCUT2D eigenvalue weighted by Crippen LogP contribution is -2.43. The standard InChI is InChI=1S/C16H20BrN5O.C3H8O/c17-11-6-19-15-13(14(11)22-5-1-2-10(18)8-22)12(7-20-15)21-16(23)9-3-4-9;1-2-3-4/h6-7,9-10H,1-5,8,18H2,(H,19,20)(H,21,23);4H,2-3H2,1H3/t10-;/m1./s1. The number of carbonyl (C=O) groups is 1. The number of hydrogen-bond donors (Lipinski definition) is 4. The monoisotopic (exact) mass is 437 g/mol. The summed E-state index contributed by atoms with van der Waals surface area (Å²) in [5.41, 5.74) is 8.81. The van der Waals surface area contributed by atoms with Crippen molar-refractivity contribution in [2.45, 2.75) is 45.1 Å². The van der Waals surface area contributed by atoms with Crippen LogP contribution in [0.25, 0.3) is 11.0 Å². The van der Waals surface area contributed by atoms with Crippen molar-refractivity contribution in [3.63, 3.8) is 0 Å². The third-order valence-corrected chi connectivity index (χ3v) is 5.41. The first kappa shape index (κ1) is 20.1. The van der Waals surface area contributed by atoms with E-state index >= 15 is 0 Å². The Labute approximate surface area is 167 Å². The highest BCUT2D eigenvalue weighted by Gasteiger charge is 2.31. The molecule has 2 fully saturated rings. The normalized spacial score (nSPS) is 19.6. The summed E-state index contributed by atoms with van der Waals surface area (Å²) in [7, 11) is 0. The van der Waals surface area contributed by atoms with Crippen LogP contribution < -0.4 is 16.0 Å². The van der Waals surface area contributed by atoms with Gasteiger partial charge in [0.1, 0.15) is 5.65 Å². The maximum absolute atomic E-state index is 12.2. The summed E-state index contributed by atoms with van der Waals surface area (Å²) < 4.78 is 0.931. The van der Waals surface area contributed by atoms with Gasteiger partial charge in [-0.2, -0.15) is 0 Å². The molecule has 2 aromatic heterocycles. The molecule has 1 atom stereocenters. The van der Waals surface area contributed by atoms with Crippen molar-refractivity contribution in [3.8, 4) is 0 Å². The zero-order chi connectivity index (χ0) is 19.4. The number of aliphatic hydroxyl groups excluding tert-OH is 1. The fourth-order valence-corrected chi connectivity index (χ4v) is 3.81. The van der Waals surface area contributed by atoms with Crippen LogP contribution >= 0.6 is 15.9 Å². The number of nitrogens with zero attached hydrogens (tertiary/aromatic N) is 2. The topological polar surface area (TPSA) is 107 Å². The molecule has 2 aromatic rings. The number of nitrogens with two attached hydrogens (primary N) is 1. The second kappa shape index (κ2) is 9.03. The van der Waals surface area contributed by atoms with Crippen LogP contribution in [-0.2, 0) is 4.79 Å². The summed E-state index contributed by atoms with van der Waals surface area (Å²) in [4.78, 5) is 22.0. The molecule has 1 saturated carbocycles. The molecule has 0 radical (unpaired) electrons. The van der Waals surface area contributed by atoms with Gasteiger partial charge < -0.3 is 26.0 Å². The summed E-state index contributed by atoms with van der Waals surface area (Å²) in [5, 5.41) is 11.9. The second-order valence-electron chi connectivity index (χ2n) is 7.22. The molecule has 3 heterocycles. The van der Waals surface area contributed by atoms with Crippen molar-refractivity contribution >= 4 is 44.2 Å². The van der Waals surface area contributed by atoms with Gasteiger partial charge in [0.2, 0.25) is 5.91 Å². The average molecular weight is 438 g/mol. The van der Waals surface area contributed by atoms with Gasteiger partial charge >= 0.3 is 0 Å². The molecule has 5 N–H and O–H groups in total. The van der Waals surface area contributed by atoms with E-state index in [4.69, 9.17) is 10.8 Å². The average Bonchev–Trinajstić information content (AvgIpc) is 3.45. The van der Waals surface area contributed by atoms with Crippen LogP contribution in [0, 0.1) is 5.92 Å². The number of nitrogens with one attached hydrogen (secondary N) is 2. The number of amides is 1. The number of aromatic nitrogens is 2. The number of pyridine rings is 1. The van der Waals surface area contributed by atoms with Crippen LogP contribution in [0.5, 0.6) is 0 Å². The number of piperidine rings is 1. The van der Waals surface area contributed by atoms with Crippen molar-refractivity contribution in [2.24, 2.45) is 11.7 Å². The number of aliphatic hydroxyl groups is 1. The number of aromatic amines is 1. The van der Waals surface area contributed by atoms with Crippen molar-refractivity contribution in [3.05, 3.63) is 16.9 Å². The molecule has 0 unspecified atom stereocenters. The summed E-state index contributed by atoms with van der Waals surface area (Å²) in [5.74, 6) is 0.277. The van der Waals surface area contributed by atoms with Crippen molar-refractivity contribution in [1.82, 2.24) is 9.97 Å². The number of halogens is 1. The Hall–Kier alpha value is -1.64. The molecule has 0 spiro atoms. The maximum atomic E-state index is 12.2. The quantitative estimate of drug-likeness (QED) is 0.587. The van der Waals surface area contributed by atoms with Crippen LogP contribution in [0.1, 0.15) is 39.0 Å². The highest BCUT2D eigenvalue weighted by molar-refractivity contribution is 9.10. The Morgan fingerprint density at radius 2 is 2.22 bits per heavy atom. The summed E-state index contributed by atoms with van der Waals surface area (Å²) >= 11 is 3.63. The fourth-order valence-electron chi connectivity index (χ4n) is 3.26. The van der Waals surface area contributed by atoms with E-state index in [1.807, 2.05) is 13.1 Å². The van der Waals surface area contributed by atoms with Crippen molar-refractivity contribution in [1.29, 1.82) is 0 Å². The van der Waals surface area contributed by atoms with Gasteiger partial charge in [-0.3, -0.25) is 4.79 Å². The van der Waals surface area contributed by atoms with Crippen LogP contribution in [-0.4, -0.2) is 46.7 Å². The highest BCUT2D eigenvalue weighted by Crippen LogP contribution is 2.39. The maximum Gasteiger partial charge on any atom is 0.227 e. The smallest absolute Gasteiger partial charge is 0.227 e. The lowest BCUT2D eigenvalue weighted by molar-refractivity contribution is -0.117. The fraction of sp³-hybridized carbons (Fsp3) is 0.579. The predicted molar refractivity (Wildman–Crippen MR) is 112 cm³/mol. The van der Waals surface area contributed by atoms with Crippen LogP contribution in [0.3, 0.4) is 0 Å². The Balaban J connectivity index is 0.000000481. The van der Waals surface area contributed by atoms with Crippen LogP contribution in [0.2, 0.25) is 0 Å². The molecule has 0 aromatic carbocycles. The first-order chi connectivity index (χ1) is 13.0. The molecule has 2 aliphatic rings. The van der Waals surface area contributed by atoms with E-state index in [0.29, 0.717) is 6.61 Å². The first-order valence-electron chi connectivity index (χ1n) is 9.63. The Kier molecular flexibility index (Phi) is 6.73. The molecular weight excluding hydrogens is 410 g/mol. The molecule has 8 heteroatoms. The minimum absolute atomic E-state index is 0.104. The van der Waals surface area contributed by atoms with Gasteiger partial charge in [-0.05, 0) is 48.0 Å².